The molecule has 0 fully saturated rings. The molecular weight excluding hydrogens is 349 g/mol. The summed E-state index contributed by atoms with van der Waals surface area (Å²) in [6.07, 6.45) is -4.52. The Morgan fingerprint density at radius 1 is 1.04 bits per heavy atom. The van der Waals surface area contributed by atoms with E-state index >= 15 is 0 Å². The van der Waals surface area contributed by atoms with Gasteiger partial charge in [0.15, 0.2) is 5.11 Å². The minimum atomic E-state index is -4.52. The maximum atomic E-state index is 13.0. The Balaban J connectivity index is 2.07. The molecule has 2 N–H and O–H groups in total. The van der Waals surface area contributed by atoms with Gasteiger partial charge in [-0.15, -0.1) is 0 Å². The predicted molar refractivity (Wildman–Crippen MR) is 95.7 cm³/mol. The van der Waals surface area contributed by atoms with Crippen molar-refractivity contribution in [2.24, 2.45) is 0 Å². The fourth-order valence-corrected chi connectivity index (χ4v) is 2.39. The van der Waals surface area contributed by atoms with Crippen LogP contribution >= 0.6 is 12.2 Å². The van der Waals surface area contributed by atoms with Crippen molar-refractivity contribution in [2.75, 3.05) is 5.32 Å². The van der Waals surface area contributed by atoms with Crippen LogP contribution in [0.15, 0.2) is 48.5 Å². The average Bonchev–Trinajstić information content (AvgIpc) is 2.54. The number of hydrogen-bond acceptors (Lipinski definition) is 2. The third-order valence-corrected chi connectivity index (χ3v) is 3.75. The second-order valence-corrected chi connectivity index (χ2v) is 6.14. The molecule has 0 unspecified atom stereocenters. The number of thiocarbonyl (C=S) groups is 1. The molecule has 7 heteroatoms. The quantitative estimate of drug-likeness (QED) is 0.755. The van der Waals surface area contributed by atoms with Gasteiger partial charge in [0.05, 0.1) is 11.3 Å². The predicted octanol–water partition coefficient (Wildman–Crippen LogP) is 4.96. The van der Waals surface area contributed by atoms with Crippen LogP contribution in [-0.4, -0.2) is 11.0 Å². The third-order valence-electron chi connectivity index (χ3n) is 3.55. The fourth-order valence-electron chi connectivity index (χ4n) is 2.19. The highest BCUT2D eigenvalue weighted by atomic mass is 32.1. The summed E-state index contributed by atoms with van der Waals surface area (Å²) in [7, 11) is 0. The van der Waals surface area contributed by atoms with Gasteiger partial charge < -0.3 is 5.32 Å². The molecule has 0 aromatic heterocycles. The Hall–Kier alpha value is -2.41. The van der Waals surface area contributed by atoms with Gasteiger partial charge in [0.25, 0.3) is 5.91 Å². The second-order valence-electron chi connectivity index (χ2n) is 5.73. The van der Waals surface area contributed by atoms with Gasteiger partial charge in [-0.3, -0.25) is 10.1 Å². The lowest BCUT2D eigenvalue weighted by Crippen LogP contribution is -2.34. The molecule has 0 radical (unpaired) electrons. The lowest BCUT2D eigenvalue weighted by molar-refractivity contribution is -0.136. The number of rotatable bonds is 3. The van der Waals surface area contributed by atoms with E-state index in [-0.39, 0.29) is 10.8 Å². The first-order chi connectivity index (χ1) is 11.7. The number of anilines is 1. The first kappa shape index (κ1) is 18.9. The molecule has 0 bridgehead atoms. The molecule has 25 heavy (non-hydrogen) atoms. The van der Waals surface area contributed by atoms with Crippen molar-refractivity contribution >= 4 is 28.9 Å². The Morgan fingerprint density at radius 2 is 1.64 bits per heavy atom. The minimum absolute atomic E-state index is 0.199. The summed E-state index contributed by atoms with van der Waals surface area (Å²) < 4.78 is 38.9. The Kier molecular flexibility index (Phi) is 5.79. The van der Waals surface area contributed by atoms with Crippen LogP contribution in [0.25, 0.3) is 0 Å². The summed E-state index contributed by atoms with van der Waals surface area (Å²) in [6, 6.07) is 11.9. The largest absolute Gasteiger partial charge is 0.418 e. The highest BCUT2D eigenvalue weighted by Gasteiger charge is 2.33. The zero-order chi connectivity index (χ0) is 18.6. The van der Waals surface area contributed by atoms with E-state index in [1.165, 1.54) is 18.2 Å². The molecule has 1 amide bonds. The Bertz CT molecular complexity index is 771. The molecule has 0 saturated carbocycles. The molecule has 2 aromatic rings. The molecule has 0 saturated heterocycles. The zero-order valence-corrected chi connectivity index (χ0v) is 14.5. The molecule has 3 nitrogen and oxygen atoms in total. The highest BCUT2D eigenvalue weighted by Crippen LogP contribution is 2.34. The van der Waals surface area contributed by atoms with E-state index in [1.54, 1.807) is 12.1 Å². The number of halogens is 3. The zero-order valence-electron chi connectivity index (χ0n) is 13.6. The van der Waals surface area contributed by atoms with Crippen LogP contribution in [0, 0.1) is 0 Å². The molecule has 0 spiro atoms. The van der Waals surface area contributed by atoms with Crippen LogP contribution in [-0.2, 0) is 6.18 Å². The van der Waals surface area contributed by atoms with Crippen LogP contribution in [0.4, 0.5) is 18.9 Å². The summed E-state index contributed by atoms with van der Waals surface area (Å²) in [4.78, 5) is 12.1. The van der Waals surface area contributed by atoms with E-state index < -0.39 is 17.6 Å². The van der Waals surface area contributed by atoms with Crippen LogP contribution in [0.2, 0.25) is 0 Å². The topological polar surface area (TPSA) is 41.1 Å². The van der Waals surface area contributed by atoms with E-state index in [2.05, 4.69) is 10.6 Å². The van der Waals surface area contributed by atoms with Gasteiger partial charge in [0.2, 0.25) is 0 Å². The van der Waals surface area contributed by atoms with E-state index in [9.17, 15) is 18.0 Å². The van der Waals surface area contributed by atoms with Crippen LogP contribution in [0.1, 0.15) is 41.3 Å². The van der Waals surface area contributed by atoms with Gasteiger partial charge in [0, 0.05) is 5.56 Å². The van der Waals surface area contributed by atoms with Crippen molar-refractivity contribution in [1.82, 2.24) is 5.32 Å². The molecule has 0 aliphatic rings. The standard InChI is InChI=1S/C18H17F3N2OS/c1-11(2)12-7-9-13(10-8-12)16(24)23-17(25)22-15-6-4-3-5-14(15)18(19,20)21/h3-11H,1-2H3,(H2,22,23,24,25). The SMILES string of the molecule is CC(C)c1ccc(C(=O)NC(=S)Nc2ccccc2C(F)(F)F)cc1. The Morgan fingerprint density at radius 3 is 2.20 bits per heavy atom. The van der Waals surface area contributed by atoms with Crippen molar-refractivity contribution in [1.29, 1.82) is 0 Å². The second kappa shape index (κ2) is 7.65. The minimum Gasteiger partial charge on any atom is -0.332 e. The van der Waals surface area contributed by atoms with E-state index in [0.29, 0.717) is 11.5 Å². The van der Waals surface area contributed by atoms with Crippen LogP contribution < -0.4 is 10.6 Å². The monoisotopic (exact) mass is 366 g/mol. The highest BCUT2D eigenvalue weighted by molar-refractivity contribution is 7.80. The Labute approximate surface area is 149 Å². The summed E-state index contributed by atoms with van der Waals surface area (Å²) in [5, 5.41) is 4.61. The van der Waals surface area contributed by atoms with Crippen molar-refractivity contribution in [3.8, 4) is 0 Å². The van der Waals surface area contributed by atoms with Gasteiger partial charge in [-0.05, 0) is 48.0 Å². The van der Waals surface area contributed by atoms with Gasteiger partial charge in [0.1, 0.15) is 0 Å². The average molecular weight is 366 g/mol. The van der Waals surface area contributed by atoms with Gasteiger partial charge >= 0.3 is 6.18 Å². The molecular formula is C18H17F3N2OS. The number of carbonyl (C=O) groups is 1. The summed E-state index contributed by atoms with van der Waals surface area (Å²) in [5.74, 6) is -0.156. The van der Waals surface area contributed by atoms with Crippen molar-refractivity contribution < 1.29 is 18.0 Å². The number of amides is 1. The number of nitrogens with one attached hydrogen (secondary N) is 2. The molecule has 0 aliphatic heterocycles. The van der Waals surface area contributed by atoms with E-state index in [4.69, 9.17) is 12.2 Å². The lowest BCUT2D eigenvalue weighted by Gasteiger charge is -2.15. The molecule has 2 rings (SSSR count). The fraction of sp³-hybridized carbons (Fsp3) is 0.222. The number of alkyl halides is 3. The number of benzene rings is 2. The lowest BCUT2D eigenvalue weighted by atomic mass is 10.0. The number of carbonyl (C=O) groups excluding carboxylic acids is 1. The van der Waals surface area contributed by atoms with Gasteiger partial charge in [-0.1, -0.05) is 38.1 Å². The molecule has 132 valence electrons. The summed E-state index contributed by atoms with van der Waals surface area (Å²) in [5.41, 5.74) is 0.386. The van der Waals surface area contributed by atoms with Crippen molar-refractivity contribution in [2.45, 2.75) is 25.9 Å². The first-order valence-corrected chi connectivity index (χ1v) is 7.98. The summed E-state index contributed by atoms with van der Waals surface area (Å²) >= 11 is 4.95. The smallest absolute Gasteiger partial charge is 0.332 e. The summed E-state index contributed by atoms with van der Waals surface area (Å²) in [6.45, 7) is 4.07. The van der Waals surface area contributed by atoms with Gasteiger partial charge in [-0.2, -0.15) is 13.2 Å². The third kappa shape index (κ3) is 5.03. The van der Waals surface area contributed by atoms with Crippen LogP contribution in [0.5, 0.6) is 0 Å². The molecule has 2 aromatic carbocycles. The van der Waals surface area contributed by atoms with Crippen molar-refractivity contribution in [3.05, 3.63) is 65.2 Å². The number of para-hydroxylation sites is 1. The first-order valence-electron chi connectivity index (χ1n) is 7.57. The molecule has 0 heterocycles. The normalized spacial score (nSPS) is 11.3. The maximum absolute atomic E-state index is 13.0. The van der Waals surface area contributed by atoms with E-state index in [1.807, 2.05) is 26.0 Å². The number of hydrogen-bond donors (Lipinski definition) is 2. The van der Waals surface area contributed by atoms with Crippen LogP contribution in [0.3, 0.4) is 0 Å². The maximum Gasteiger partial charge on any atom is 0.418 e. The van der Waals surface area contributed by atoms with Crippen molar-refractivity contribution in [3.63, 3.8) is 0 Å². The van der Waals surface area contributed by atoms with Gasteiger partial charge in [-0.25, -0.2) is 0 Å². The van der Waals surface area contributed by atoms with E-state index in [0.717, 1.165) is 11.6 Å². The molecule has 0 aliphatic carbocycles. The molecule has 0 atom stereocenters.